The fourth-order valence-corrected chi connectivity index (χ4v) is 1.29. The monoisotopic (exact) mass is 260 g/mol. The minimum atomic E-state index is -1.03. The lowest BCUT2D eigenvalue weighted by Gasteiger charge is -2.18. The molecule has 18 heavy (non-hydrogen) atoms. The van der Waals surface area contributed by atoms with Gasteiger partial charge in [-0.15, -0.1) is 0 Å². The number of hydrogen-bond acceptors (Lipinski definition) is 3. The fourth-order valence-electron chi connectivity index (χ4n) is 1.29. The zero-order chi connectivity index (χ0) is 14.0. The van der Waals surface area contributed by atoms with Crippen molar-refractivity contribution in [2.45, 2.75) is 39.7 Å². The van der Waals surface area contributed by atoms with E-state index >= 15 is 0 Å². The molecule has 3 N–H and O–H groups in total. The van der Waals surface area contributed by atoms with Gasteiger partial charge in [0, 0.05) is 13.2 Å². The molecule has 2 amide bonds. The van der Waals surface area contributed by atoms with Gasteiger partial charge in [0.15, 0.2) is 0 Å². The highest BCUT2D eigenvalue weighted by atomic mass is 16.5. The lowest BCUT2D eigenvalue weighted by atomic mass is 10.1. The van der Waals surface area contributed by atoms with Crippen molar-refractivity contribution in [3.8, 4) is 0 Å². The van der Waals surface area contributed by atoms with E-state index in [0.717, 1.165) is 12.8 Å². The van der Waals surface area contributed by atoms with Crippen LogP contribution in [0.15, 0.2) is 0 Å². The molecule has 6 heteroatoms. The number of carbonyl (C=O) groups excluding carboxylic acids is 1. The van der Waals surface area contributed by atoms with Crippen molar-refractivity contribution in [3.05, 3.63) is 0 Å². The summed E-state index contributed by atoms with van der Waals surface area (Å²) in [5, 5.41) is 13.9. The summed E-state index contributed by atoms with van der Waals surface area (Å²) in [4.78, 5) is 22.3. The quantitative estimate of drug-likeness (QED) is 0.544. The summed E-state index contributed by atoms with van der Waals surface area (Å²) in [7, 11) is 0. The third kappa shape index (κ3) is 7.89. The lowest BCUT2D eigenvalue weighted by Crippen LogP contribution is -2.49. The molecule has 0 aliphatic heterocycles. The molecular formula is C12H24N2O4. The third-order valence-corrected chi connectivity index (χ3v) is 2.39. The molecule has 6 nitrogen and oxygen atoms in total. The number of aliphatic carboxylic acids is 1. The van der Waals surface area contributed by atoms with Crippen LogP contribution < -0.4 is 10.6 Å². The number of unbranched alkanes of at least 4 members (excludes halogenated alkanes) is 1. The highest BCUT2D eigenvalue weighted by Crippen LogP contribution is 2.00. The molecule has 1 atom stereocenters. The Bertz CT molecular complexity index is 256. The SMILES string of the molecule is CCCCOCCNC(=O)NC(C(=O)O)C(C)C. The zero-order valence-electron chi connectivity index (χ0n) is 11.4. The molecule has 106 valence electrons. The molecule has 0 aliphatic rings. The molecular weight excluding hydrogens is 236 g/mol. The molecule has 0 saturated carbocycles. The summed E-state index contributed by atoms with van der Waals surface area (Å²) in [5.74, 6) is -1.19. The first-order valence-corrected chi connectivity index (χ1v) is 6.34. The normalized spacial score (nSPS) is 12.2. The molecule has 0 fully saturated rings. The van der Waals surface area contributed by atoms with Gasteiger partial charge in [0.1, 0.15) is 6.04 Å². The van der Waals surface area contributed by atoms with E-state index in [9.17, 15) is 9.59 Å². The van der Waals surface area contributed by atoms with Crippen LogP contribution in [0.1, 0.15) is 33.6 Å². The molecule has 0 rings (SSSR count). The average Bonchev–Trinajstić information content (AvgIpc) is 2.29. The van der Waals surface area contributed by atoms with Crippen molar-refractivity contribution in [3.63, 3.8) is 0 Å². The average molecular weight is 260 g/mol. The first-order chi connectivity index (χ1) is 8.49. The van der Waals surface area contributed by atoms with E-state index in [2.05, 4.69) is 17.6 Å². The number of amides is 2. The van der Waals surface area contributed by atoms with Crippen LogP contribution in [0.4, 0.5) is 4.79 Å². The summed E-state index contributed by atoms with van der Waals surface area (Å²) in [5.41, 5.74) is 0. The first-order valence-electron chi connectivity index (χ1n) is 6.34. The Hall–Kier alpha value is -1.30. The van der Waals surface area contributed by atoms with Crippen LogP contribution in [0.3, 0.4) is 0 Å². The second-order valence-corrected chi connectivity index (χ2v) is 4.43. The summed E-state index contributed by atoms with van der Waals surface area (Å²) in [6.07, 6.45) is 2.07. The Morgan fingerprint density at radius 1 is 1.28 bits per heavy atom. The topological polar surface area (TPSA) is 87.7 Å². The van der Waals surface area contributed by atoms with Crippen LogP contribution in [0, 0.1) is 5.92 Å². The minimum Gasteiger partial charge on any atom is -0.480 e. The molecule has 0 spiro atoms. The van der Waals surface area contributed by atoms with Gasteiger partial charge < -0.3 is 20.5 Å². The van der Waals surface area contributed by atoms with Crippen molar-refractivity contribution in [2.24, 2.45) is 5.92 Å². The number of hydrogen-bond donors (Lipinski definition) is 3. The second-order valence-electron chi connectivity index (χ2n) is 4.43. The Kier molecular flexibility index (Phi) is 9.00. The predicted octanol–water partition coefficient (Wildman–Crippen LogP) is 1.21. The van der Waals surface area contributed by atoms with Gasteiger partial charge in [-0.3, -0.25) is 0 Å². The van der Waals surface area contributed by atoms with Crippen LogP contribution in [0.25, 0.3) is 0 Å². The standard InChI is InChI=1S/C12H24N2O4/c1-4-5-7-18-8-6-13-12(17)14-10(9(2)3)11(15)16/h9-10H,4-8H2,1-3H3,(H,15,16)(H2,13,14,17). The largest absolute Gasteiger partial charge is 0.480 e. The van der Waals surface area contributed by atoms with Gasteiger partial charge in [0.25, 0.3) is 0 Å². The molecule has 0 radical (unpaired) electrons. The fraction of sp³-hybridized carbons (Fsp3) is 0.833. The molecule has 0 aromatic carbocycles. The number of rotatable bonds is 9. The number of ether oxygens (including phenoxy) is 1. The van der Waals surface area contributed by atoms with E-state index in [4.69, 9.17) is 9.84 Å². The van der Waals surface area contributed by atoms with E-state index in [-0.39, 0.29) is 5.92 Å². The van der Waals surface area contributed by atoms with Gasteiger partial charge in [-0.05, 0) is 12.3 Å². The maximum atomic E-state index is 11.4. The van der Waals surface area contributed by atoms with Gasteiger partial charge in [-0.2, -0.15) is 0 Å². The molecule has 0 bridgehead atoms. The van der Waals surface area contributed by atoms with E-state index in [1.54, 1.807) is 13.8 Å². The number of carboxylic acid groups (broad SMARTS) is 1. The maximum Gasteiger partial charge on any atom is 0.326 e. The van der Waals surface area contributed by atoms with Crippen molar-refractivity contribution >= 4 is 12.0 Å². The van der Waals surface area contributed by atoms with Crippen LogP contribution in [-0.2, 0) is 9.53 Å². The zero-order valence-corrected chi connectivity index (χ0v) is 11.4. The van der Waals surface area contributed by atoms with Crippen LogP contribution in [-0.4, -0.2) is 42.9 Å². The molecule has 1 unspecified atom stereocenters. The van der Waals surface area contributed by atoms with E-state index < -0.39 is 18.0 Å². The third-order valence-electron chi connectivity index (χ3n) is 2.39. The van der Waals surface area contributed by atoms with E-state index in [0.29, 0.717) is 19.8 Å². The second kappa shape index (κ2) is 9.70. The smallest absolute Gasteiger partial charge is 0.326 e. The molecule has 0 heterocycles. The van der Waals surface area contributed by atoms with Crippen LogP contribution >= 0.6 is 0 Å². The Balaban J connectivity index is 3.72. The van der Waals surface area contributed by atoms with E-state index in [1.165, 1.54) is 0 Å². The van der Waals surface area contributed by atoms with Crippen LogP contribution in [0.5, 0.6) is 0 Å². The number of carboxylic acids is 1. The van der Waals surface area contributed by atoms with Crippen molar-refractivity contribution in [1.82, 2.24) is 10.6 Å². The predicted molar refractivity (Wildman–Crippen MR) is 68.5 cm³/mol. The molecule has 0 aromatic heterocycles. The summed E-state index contributed by atoms with van der Waals surface area (Å²) < 4.78 is 5.27. The molecule has 0 saturated heterocycles. The Labute approximate surface area is 108 Å². The van der Waals surface area contributed by atoms with Crippen molar-refractivity contribution in [1.29, 1.82) is 0 Å². The van der Waals surface area contributed by atoms with Crippen molar-refractivity contribution < 1.29 is 19.4 Å². The summed E-state index contributed by atoms with van der Waals surface area (Å²) in [6.45, 7) is 7.06. The minimum absolute atomic E-state index is 0.158. The maximum absolute atomic E-state index is 11.4. The molecule has 0 aromatic rings. The van der Waals surface area contributed by atoms with Gasteiger partial charge in [-0.1, -0.05) is 27.2 Å². The van der Waals surface area contributed by atoms with Gasteiger partial charge in [0.2, 0.25) is 0 Å². The molecule has 0 aliphatic carbocycles. The summed E-state index contributed by atoms with van der Waals surface area (Å²) >= 11 is 0. The Morgan fingerprint density at radius 2 is 1.94 bits per heavy atom. The number of urea groups is 1. The van der Waals surface area contributed by atoms with Gasteiger partial charge >= 0.3 is 12.0 Å². The number of nitrogens with one attached hydrogen (secondary N) is 2. The van der Waals surface area contributed by atoms with Crippen LogP contribution in [0.2, 0.25) is 0 Å². The Morgan fingerprint density at radius 3 is 2.44 bits per heavy atom. The van der Waals surface area contributed by atoms with Gasteiger partial charge in [0.05, 0.1) is 6.61 Å². The van der Waals surface area contributed by atoms with Gasteiger partial charge in [-0.25, -0.2) is 9.59 Å². The summed E-state index contributed by atoms with van der Waals surface area (Å²) in [6, 6.07) is -1.35. The number of carbonyl (C=O) groups is 2. The first kappa shape index (κ1) is 16.7. The van der Waals surface area contributed by atoms with Crippen molar-refractivity contribution in [2.75, 3.05) is 19.8 Å². The lowest BCUT2D eigenvalue weighted by molar-refractivity contribution is -0.140. The highest BCUT2D eigenvalue weighted by Gasteiger charge is 2.22. The highest BCUT2D eigenvalue weighted by molar-refractivity contribution is 5.82. The van der Waals surface area contributed by atoms with E-state index in [1.807, 2.05) is 0 Å².